The maximum Gasteiger partial charge on any atom is 0.205 e. The number of hydrogen-bond donors (Lipinski definition) is 0. The first-order valence-corrected chi connectivity index (χ1v) is 23.5. The molecule has 0 saturated heterocycles. The van der Waals surface area contributed by atoms with Crippen molar-refractivity contribution in [2.75, 3.05) is 9.80 Å². The summed E-state index contributed by atoms with van der Waals surface area (Å²) in [6, 6.07) is 54.2. The molecule has 0 aliphatic heterocycles. The highest BCUT2D eigenvalue weighted by atomic mass is 35.5. The maximum atomic E-state index is 8.13. The van der Waals surface area contributed by atoms with E-state index in [4.69, 9.17) is 20.4 Å². The van der Waals surface area contributed by atoms with Crippen molar-refractivity contribution < 1.29 is 8.83 Å². The van der Waals surface area contributed by atoms with Gasteiger partial charge in [0.2, 0.25) is 5.88 Å². The fraction of sp³-hybridized carbons (Fsp3) is 0.246. The molecule has 4 nitrogen and oxygen atoms in total. The van der Waals surface area contributed by atoms with E-state index in [2.05, 4.69) is 226 Å². The van der Waals surface area contributed by atoms with Gasteiger partial charge >= 0.3 is 0 Å². The van der Waals surface area contributed by atoms with Crippen molar-refractivity contribution >= 4 is 67.9 Å². The van der Waals surface area contributed by atoms with Crippen molar-refractivity contribution in [2.24, 2.45) is 0 Å². The minimum Gasteiger partial charge on any atom is -0.456 e. The number of benzene rings is 7. The Morgan fingerprint density at radius 2 is 1.03 bits per heavy atom. The Balaban J connectivity index is 1.33. The lowest BCUT2D eigenvalue weighted by molar-refractivity contribution is 0.588. The molecule has 2 aromatic heterocycles. The number of hydrogen-bond acceptors (Lipinski definition) is 4. The highest BCUT2D eigenvalue weighted by molar-refractivity contribution is 6.37. The number of aryl methyl sites for hydroxylation is 3. The smallest absolute Gasteiger partial charge is 0.205 e. The SMILES string of the molecule is Cc1cc(N(c2cccc(-c3cc4ccccc4o3)c2)c2ccc(C(C)(C)C)cc2-c2ccccc2)c(Cl)c(N(c2cc3cc(C(C)(C)C)ccc3o2)c2c(C)cc(C(C)(C)C)cc2C)c1. The molecule has 9 aromatic rings. The molecule has 334 valence electrons. The molecule has 0 bridgehead atoms. The van der Waals surface area contributed by atoms with E-state index >= 15 is 0 Å². The Morgan fingerprint density at radius 1 is 0.439 bits per heavy atom. The summed E-state index contributed by atoms with van der Waals surface area (Å²) in [5, 5.41) is 2.69. The molecule has 0 aliphatic rings. The van der Waals surface area contributed by atoms with Crippen LogP contribution < -0.4 is 9.80 Å². The Kier molecular flexibility index (Phi) is 11.3. The Bertz CT molecular complexity index is 3200. The molecular formula is C61H61ClN2O2. The average molecular weight is 890 g/mol. The van der Waals surface area contributed by atoms with Crippen LogP contribution in [0.15, 0.2) is 160 Å². The van der Waals surface area contributed by atoms with Crippen LogP contribution >= 0.6 is 11.6 Å². The molecule has 0 fully saturated rings. The van der Waals surface area contributed by atoms with Crippen molar-refractivity contribution in [3.63, 3.8) is 0 Å². The summed E-state index contributed by atoms with van der Waals surface area (Å²) in [6.07, 6.45) is 0. The second kappa shape index (κ2) is 16.7. The van der Waals surface area contributed by atoms with Crippen LogP contribution in [0.25, 0.3) is 44.4 Å². The molecule has 66 heavy (non-hydrogen) atoms. The number of rotatable bonds is 8. The van der Waals surface area contributed by atoms with E-state index in [9.17, 15) is 0 Å². The van der Waals surface area contributed by atoms with E-state index in [-0.39, 0.29) is 16.2 Å². The molecule has 5 heteroatoms. The standard InChI is InChI=1S/C61H61ClN2O2/c1-38-29-51(57(62)52(30-38)64(58-39(2)31-47(32-40(58)3)61(10,11)12)56-36-44-33-45(59(4,5)6)26-28-54(44)66-56)63(48-23-18-22-42(34-48)55-35-43-21-16-17-24-53(43)65-55)50-27-25-46(60(7,8)9)37-49(50)41-19-14-13-15-20-41/h13-37H,1-12H3. The van der Waals surface area contributed by atoms with E-state index < -0.39 is 0 Å². The second-order valence-corrected chi connectivity index (χ2v) is 21.5. The van der Waals surface area contributed by atoms with E-state index in [0.29, 0.717) is 10.9 Å². The van der Waals surface area contributed by atoms with Gasteiger partial charge in [-0.05, 0) is 137 Å². The lowest BCUT2D eigenvalue weighted by Gasteiger charge is -2.33. The van der Waals surface area contributed by atoms with E-state index in [1.807, 2.05) is 18.2 Å². The lowest BCUT2D eigenvalue weighted by Crippen LogP contribution is -2.18. The van der Waals surface area contributed by atoms with Gasteiger partial charge < -0.3 is 13.7 Å². The highest BCUT2D eigenvalue weighted by Crippen LogP contribution is 2.52. The van der Waals surface area contributed by atoms with Crippen LogP contribution in [0.3, 0.4) is 0 Å². The van der Waals surface area contributed by atoms with Gasteiger partial charge in [-0.25, -0.2) is 0 Å². The number of anilines is 6. The third kappa shape index (κ3) is 8.56. The number of halogens is 1. The fourth-order valence-electron chi connectivity index (χ4n) is 9.13. The highest BCUT2D eigenvalue weighted by Gasteiger charge is 2.30. The fourth-order valence-corrected chi connectivity index (χ4v) is 9.41. The quantitative estimate of drug-likeness (QED) is 0.152. The van der Waals surface area contributed by atoms with Gasteiger partial charge in [0.25, 0.3) is 0 Å². The van der Waals surface area contributed by atoms with Crippen LogP contribution in [-0.4, -0.2) is 0 Å². The van der Waals surface area contributed by atoms with Gasteiger partial charge in [0, 0.05) is 33.7 Å². The largest absolute Gasteiger partial charge is 0.456 e. The van der Waals surface area contributed by atoms with E-state index in [1.165, 1.54) is 16.7 Å². The first-order chi connectivity index (χ1) is 31.2. The Morgan fingerprint density at radius 3 is 1.70 bits per heavy atom. The van der Waals surface area contributed by atoms with Gasteiger partial charge in [0.1, 0.15) is 16.9 Å². The molecule has 0 aliphatic carbocycles. The number of furan rings is 2. The zero-order valence-electron chi connectivity index (χ0n) is 40.5. The molecule has 0 unspecified atom stereocenters. The predicted octanol–water partition coefficient (Wildman–Crippen LogP) is 18.9. The molecule has 7 aromatic carbocycles. The summed E-state index contributed by atoms with van der Waals surface area (Å²) in [4.78, 5) is 4.57. The molecule has 0 spiro atoms. The molecule has 9 rings (SSSR count). The summed E-state index contributed by atoms with van der Waals surface area (Å²) < 4.78 is 13.4. The molecule has 0 atom stereocenters. The van der Waals surface area contributed by atoms with E-state index in [1.54, 1.807) is 0 Å². The Hall–Kier alpha value is -6.49. The zero-order valence-corrected chi connectivity index (χ0v) is 41.3. The third-order valence-corrected chi connectivity index (χ3v) is 13.2. The lowest BCUT2D eigenvalue weighted by atomic mass is 9.84. The second-order valence-electron chi connectivity index (χ2n) is 21.1. The minimum absolute atomic E-state index is 0.0229. The van der Waals surface area contributed by atoms with Gasteiger partial charge in [-0.3, -0.25) is 4.90 Å². The number of fused-ring (bicyclic) bond motifs is 2. The van der Waals surface area contributed by atoms with Crippen molar-refractivity contribution in [1.29, 1.82) is 0 Å². The van der Waals surface area contributed by atoms with Gasteiger partial charge in [0.15, 0.2) is 0 Å². The van der Waals surface area contributed by atoms with Crippen LogP contribution in [-0.2, 0) is 16.2 Å². The molecular weight excluding hydrogens is 828 g/mol. The van der Waals surface area contributed by atoms with Crippen LogP contribution in [0.5, 0.6) is 0 Å². The van der Waals surface area contributed by atoms with Gasteiger partial charge in [-0.1, -0.05) is 159 Å². The first-order valence-electron chi connectivity index (χ1n) is 23.1. The Labute approximate surface area is 396 Å². The number of nitrogens with zero attached hydrogens (tertiary/aromatic N) is 2. The van der Waals surface area contributed by atoms with Gasteiger partial charge in [-0.15, -0.1) is 0 Å². The summed E-state index contributed by atoms with van der Waals surface area (Å²) in [6.45, 7) is 26.9. The van der Waals surface area contributed by atoms with Crippen LogP contribution in [0.2, 0.25) is 5.02 Å². The average Bonchev–Trinajstić information content (AvgIpc) is 3.90. The monoisotopic (exact) mass is 888 g/mol. The minimum atomic E-state index is -0.0821. The summed E-state index contributed by atoms with van der Waals surface area (Å²) >= 11 is 8.13. The summed E-state index contributed by atoms with van der Waals surface area (Å²) in [7, 11) is 0. The zero-order chi connectivity index (χ0) is 46.9. The maximum absolute atomic E-state index is 8.13. The van der Waals surface area contributed by atoms with E-state index in [0.717, 1.165) is 89.5 Å². The summed E-state index contributed by atoms with van der Waals surface area (Å²) in [5.41, 5.74) is 16.4. The first kappa shape index (κ1) is 44.7. The number of para-hydroxylation sites is 1. The van der Waals surface area contributed by atoms with Crippen molar-refractivity contribution in [3.8, 4) is 22.5 Å². The molecule has 0 saturated carbocycles. The van der Waals surface area contributed by atoms with Crippen molar-refractivity contribution in [1.82, 2.24) is 0 Å². The normalized spacial score (nSPS) is 12.3. The van der Waals surface area contributed by atoms with Crippen LogP contribution in [0.4, 0.5) is 34.3 Å². The molecule has 0 amide bonds. The van der Waals surface area contributed by atoms with Gasteiger partial charge in [0.05, 0.1) is 27.8 Å². The molecule has 0 radical (unpaired) electrons. The summed E-state index contributed by atoms with van der Waals surface area (Å²) in [5.74, 6) is 1.50. The van der Waals surface area contributed by atoms with Crippen LogP contribution in [0.1, 0.15) is 95.7 Å². The van der Waals surface area contributed by atoms with Gasteiger partial charge in [-0.2, -0.15) is 0 Å². The van der Waals surface area contributed by atoms with Crippen molar-refractivity contribution in [3.05, 3.63) is 190 Å². The van der Waals surface area contributed by atoms with Crippen molar-refractivity contribution in [2.45, 2.75) is 99.3 Å². The molecule has 0 N–H and O–H groups in total. The van der Waals surface area contributed by atoms with Crippen LogP contribution in [0, 0.1) is 20.8 Å². The third-order valence-electron chi connectivity index (χ3n) is 12.8. The molecule has 2 heterocycles. The predicted molar refractivity (Wildman–Crippen MR) is 282 cm³/mol. The topological polar surface area (TPSA) is 32.8 Å².